The Bertz CT molecular complexity index is 352. The lowest BCUT2D eigenvalue weighted by Crippen LogP contribution is -2.25. The van der Waals surface area contributed by atoms with Crippen molar-refractivity contribution in [3.63, 3.8) is 0 Å². The molecular weight excluding hydrogens is 194 g/mol. The van der Waals surface area contributed by atoms with E-state index in [1.165, 1.54) is 17.7 Å². The zero-order valence-electron chi connectivity index (χ0n) is 8.59. The van der Waals surface area contributed by atoms with Crippen molar-refractivity contribution in [2.45, 2.75) is 26.7 Å². The van der Waals surface area contributed by atoms with E-state index in [9.17, 15) is 4.79 Å². The molecule has 2 rings (SSSR count). The summed E-state index contributed by atoms with van der Waals surface area (Å²) in [6.07, 6.45) is 2.56. The van der Waals surface area contributed by atoms with Gasteiger partial charge in [0.15, 0.2) is 0 Å². The molecule has 0 spiro atoms. The van der Waals surface area contributed by atoms with Crippen molar-refractivity contribution in [2.75, 3.05) is 6.54 Å². The Labute approximate surface area is 88.3 Å². The minimum absolute atomic E-state index is 0.0961. The quantitative estimate of drug-likeness (QED) is 0.814. The smallest absolute Gasteiger partial charge is 0.252 e. The van der Waals surface area contributed by atoms with Gasteiger partial charge in [-0.1, -0.05) is 0 Å². The second-order valence-electron chi connectivity index (χ2n) is 3.98. The molecule has 1 aliphatic rings. The molecule has 0 aromatic carbocycles. The van der Waals surface area contributed by atoms with Crippen LogP contribution in [0.4, 0.5) is 0 Å². The van der Waals surface area contributed by atoms with E-state index in [2.05, 4.69) is 5.32 Å². The minimum Gasteiger partial charge on any atom is -0.352 e. The Balaban J connectivity index is 1.98. The molecule has 1 aliphatic carbocycles. The predicted octanol–water partition coefficient (Wildman–Crippen LogP) is 2.50. The molecule has 0 aliphatic heterocycles. The lowest BCUT2D eigenvalue weighted by Gasteiger charge is -2.02. The number of nitrogens with one attached hydrogen (secondary N) is 1. The molecule has 0 atom stereocenters. The van der Waals surface area contributed by atoms with Crippen molar-refractivity contribution in [1.82, 2.24) is 5.32 Å². The van der Waals surface area contributed by atoms with E-state index < -0.39 is 0 Å². The fourth-order valence-electron chi connectivity index (χ4n) is 1.51. The van der Waals surface area contributed by atoms with Gasteiger partial charge in [-0.2, -0.15) is 0 Å². The highest BCUT2D eigenvalue weighted by Gasteiger charge is 2.22. The third-order valence-electron chi connectivity index (χ3n) is 2.53. The van der Waals surface area contributed by atoms with Crippen LogP contribution in [-0.4, -0.2) is 12.5 Å². The average Bonchev–Trinajstić information content (AvgIpc) is 2.88. The number of carbonyl (C=O) groups excluding carboxylic acids is 1. The summed E-state index contributed by atoms with van der Waals surface area (Å²) in [5, 5.41) is 2.98. The summed E-state index contributed by atoms with van der Waals surface area (Å²) < 4.78 is 0. The number of hydrogen-bond donors (Lipinski definition) is 1. The van der Waals surface area contributed by atoms with Gasteiger partial charge in [0.2, 0.25) is 0 Å². The summed E-state index contributed by atoms with van der Waals surface area (Å²) in [7, 11) is 0. The first-order chi connectivity index (χ1) is 6.66. The highest BCUT2D eigenvalue weighted by molar-refractivity contribution is 7.12. The Morgan fingerprint density at radius 3 is 2.79 bits per heavy atom. The molecule has 3 heteroatoms. The van der Waals surface area contributed by atoms with Crippen LogP contribution < -0.4 is 5.32 Å². The van der Waals surface area contributed by atoms with Gasteiger partial charge in [0.05, 0.1) is 5.56 Å². The Morgan fingerprint density at radius 2 is 2.29 bits per heavy atom. The van der Waals surface area contributed by atoms with Crippen LogP contribution in [0.15, 0.2) is 6.07 Å². The fourth-order valence-corrected chi connectivity index (χ4v) is 2.43. The third kappa shape index (κ3) is 2.15. The van der Waals surface area contributed by atoms with Crippen molar-refractivity contribution in [3.8, 4) is 0 Å². The normalized spacial score (nSPS) is 15.6. The van der Waals surface area contributed by atoms with Gasteiger partial charge in [-0.05, 0) is 38.7 Å². The molecule has 0 unspecified atom stereocenters. The van der Waals surface area contributed by atoms with Crippen molar-refractivity contribution in [1.29, 1.82) is 0 Å². The zero-order chi connectivity index (χ0) is 10.1. The van der Waals surface area contributed by atoms with Gasteiger partial charge >= 0.3 is 0 Å². The molecular formula is C11H15NOS. The highest BCUT2D eigenvalue weighted by atomic mass is 32.1. The molecule has 0 saturated heterocycles. The van der Waals surface area contributed by atoms with Gasteiger partial charge in [-0.25, -0.2) is 0 Å². The Morgan fingerprint density at radius 1 is 1.57 bits per heavy atom. The molecule has 1 aromatic heterocycles. The molecule has 14 heavy (non-hydrogen) atoms. The van der Waals surface area contributed by atoms with Gasteiger partial charge < -0.3 is 5.32 Å². The van der Waals surface area contributed by atoms with E-state index >= 15 is 0 Å². The zero-order valence-corrected chi connectivity index (χ0v) is 9.41. The Kier molecular flexibility index (Phi) is 2.59. The van der Waals surface area contributed by atoms with E-state index in [0.717, 1.165) is 22.9 Å². The van der Waals surface area contributed by atoms with E-state index in [0.29, 0.717) is 0 Å². The predicted molar refractivity (Wildman–Crippen MR) is 58.9 cm³/mol. The highest BCUT2D eigenvalue weighted by Crippen LogP contribution is 2.28. The second kappa shape index (κ2) is 3.73. The van der Waals surface area contributed by atoms with Gasteiger partial charge in [0.25, 0.3) is 5.91 Å². The SMILES string of the molecule is Cc1cc(C(=O)NCC2CC2)c(C)s1. The average molecular weight is 209 g/mol. The standard InChI is InChI=1S/C11H15NOS/c1-7-5-10(8(2)14-7)11(13)12-6-9-3-4-9/h5,9H,3-4,6H2,1-2H3,(H,12,13). The maximum absolute atomic E-state index is 11.7. The first kappa shape index (κ1) is 9.71. The third-order valence-corrected chi connectivity index (χ3v) is 3.50. The van der Waals surface area contributed by atoms with Crippen molar-refractivity contribution in [2.24, 2.45) is 5.92 Å². The molecule has 0 radical (unpaired) electrons. The van der Waals surface area contributed by atoms with E-state index in [-0.39, 0.29) is 5.91 Å². The number of carbonyl (C=O) groups is 1. The molecule has 1 heterocycles. The van der Waals surface area contributed by atoms with Gasteiger partial charge in [0.1, 0.15) is 0 Å². The van der Waals surface area contributed by atoms with Gasteiger partial charge in [-0.15, -0.1) is 11.3 Å². The molecule has 1 amide bonds. The maximum Gasteiger partial charge on any atom is 0.252 e. The van der Waals surface area contributed by atoms with Gasteiger partial charge in [-0.3, -0.25) is 4.79 Å². The Hall–Kier alpha value is -0.830. The fraction of sp³-hybridized carbons (Fsp3) is 0.545. The summed E-state index contributed by atoms with van der Waals surface area (Å²) in [6, 6.07) is 1.97. The summed E-state index contributed by atoms with van der Waals surface area (Å²) in [6.45, 7) is 4.90. The number of thiophene rings is 1. The molecule has 1 saturated carbocycles. The molecule has 0 bridgehead atoms. The van der Waals surface area contributed by atoms with Crippen LogP contribution >= 0.6 is 11.3 Å². The summed E-state index contributed by atoms with van der Waals surface area (Å²) >= 11 is 1.69. The first-order valence-corrected chi connectivity index (χ1v) is 5.83. The summed E-state index contributed by atoms with van der Waals surface area (Å²) in [5.41, 5.74) is 0.855. The number of hydrogen-bond acceptors (Lipinski definition) is 2. The van der Waals surface area contributed by atoms with Crippen LogP contribution in [-0.2, 0) is 0 Å². The van der Waals surface area contributed by atoms with Crippen LogP contribution in [0.2, 0.25) is 0 Å². The van der Waals surface area contributed by atoms with Crippen molar-refractivity contribution >= 4 is 17.2 Å². The number of rotatable bonds is 3. The van der Waals surface area contributed by atoms with E-state index in [4.69, 9.17) is 0 Å². The topological polar surface area (TPSA) is 29.1 Å². The van der Waals surface area contributed by atoms with Crippen LogP contribution in [0.25, 0.3) is 0 Å². The van der Waals surface area contributed by atoms with Crippen LogP contribution in [0, 0.1) is 19.8 Å². The lowest BCUT2D eigenvalue weighted by molar-refractivity contribution is 0.0951. The summed E-state index contributed by atoms with van der Waals surface area (Å²) in [5.74, 6) is 0.845. The lowest BCUT2D eigenvalue weighted by atomic mass is 10.2. The molecule has 2 nitrogen and oxygen atoms in total. The van der Waals surface area contributed by atoms with Crippen LogP contribution in [0.3, 0.4) is 0 Å². The molecule has 1 N–H and O–H groups in total. The second-order valence-corrected chi connectivity index (χ2v) is 5.44. The van der Waals surface area contributed by atoms with E-state index in [1.54, 1.807) is 11.3 Å². The van der Waals surface area contributed by atoms with Crippen molar-refractivity contribution in [3.05, 3.63) is 21.4 Å². The number of aryl methyl sites for hydroxylation is 2. The van der Waals surface area contributed by atoms with Crippen molar-refractivity contribution < 1.29 is 4.79 Å². The minimum atomic E-state index is 0.0961. The van der Waals surface area contributed by atoms with Crippen LogP contribution in [0.1, 0.15) is 33.0 Å². The maximum atomic E-state index is 11.7. The van der Waals surface area contributed by atoms with Gasteiger partial charge in [0, 0.05) is 16.3 Å². The monoisotopic (exact) mass is 209 g/mol. The first-order valence-electron chi connectivity index (χ1n) is 5.02. The summed E-state index contributed by atoms with van der Waals surface area (Å²) in [4.78, 5) is 14.0. The molecule has 1 aromatic rings. The molecule has 76 valence electrons. The van der Waals surface area contributed by atoms with E-state index in [1.807, 2.05) is 19.9 Å². The largest absolute Gasteiger partial charge is 0.352 e. The number of amides is 1. The molecule has 1 fully saturated rings. The van der Waals surface area contributed by atoms with Crippen LogP contribution in [0.5, 0.6) is 0 Å².